The second-order valence-corrected chi connectivity index (χ2v) is 3.59. The van der Waals surface area contributed by atoms with Crippen LogP contribution in [0.25, 0.3) is 0 Å². The van der Waals surface area contributed by atoms with Gasteiger partial charge < -0.3 is 15.5 Å². The van der Waals surface area contributed by atoms with Crippen molar-refractivity contribution >= 4 is 11.6 Å². The van der Waals surface area contributed by atoms with E-state index in [9.17, 15) is 0 Å². The van der Waals surface area contributed by atoms with Crippen LogP contribution < -0.4 is 11.1 Å². The molecule has 5 nitrogen and oxygen atoms in total. The van der Waals surface area contributed by atoms with Gasteiger partial charge in [-0.3, -0.25) is 0 Å². The van der Waals surface area contributed by atoms with Crippen molar-refractivity contribution in [2.45, 2.75) is 20.4 Å². The lowest BCUT2D eigenvalue weighted by Gasteiger charge is -2.05. The van der Waals surface area contributed by atoms with Gasteiger partial charge in [-0.15, -0.1) is 0 Å². The minimum atomic E-state index is 0.464. The summed E-state index contributed by atoms with van der Waals surface area (Å²) >= 11 is 0. The lowest BCUT2D eigenvalue weighted by Crippen LogP contribution is -2.04. The second kappa shape index (κ2) is 4.22. The van der Waals surface area contributed by atoms with Crippen molar-refractivity contribution in [3.05, 3.63) is 35.5 Å². The molecule has 16 heavy (non-hydrogen) atoms. The first-order chi connectivity index (χ1) is 7.63. The van der Waals surface area contributed by atoms with E-state index in [4.69, 9.17) is 10.2 Å². The van der Waals surface area contributed by atoms with Crippen molar-refractivity contribution < 1.29 is 4.42 Å². The standard InChI is InChI=1S/C11H14N4O/c1-7-3-4-9(16-7)6-13-11-5-10(12)14-8(2)15-11/h3-5H,6H2,1-2H3,(H3,12,13,14,15). The van der Waals surface area contributed by atoms with E-state index in [1.807, 2.05) is 19.1 Å². The Bertz CT molecular complexity index is 472. The van der Waals surface area contributed by atoms with Crippen LogP contribution in [0.1, 0.15) is 17.3 Å². The summed E-state index contributed by atoms with van der Waals surface area (Å²) in [6.07, 6.45) is 0. The first-order valence-electron chi connectivity index (χ1n) is 5.04. The molecule has 0 aliphatic carbocycles. The molecule has 0 aliphatic rings. The van der Waals surface area contributed by atoms with Crippen LogP contribution in [0, 0.1) is 13.8 Å². The fourth-order valence-electron chi connectivity index (χ4n) is 1.44. The van der Waals surface area contributed by atoms with E-state index < -0.39 is 0 Å². The number of nitrogen functional groups attached to an aromatic ring is 1. The van der Waals surface area contributed by atoms with Crippen molar-refractivity contribution in [1.82, 2.24) is 9.97 Å². The van der Waals surface area contributed by atoms with E-state index in [0.29, 0.717) is 24.0 Å². The molecular weight excluding hydrogens is 204 g/mol. The Kier molecular flexibility index (Phi) is 2.76. The highest BCUT2D eigenvalue weighted by atomic mass is 16.3. The number of aryl methyl sites for hydroxylation is 2. The van der Waals surface area contributed by atoms with Gasteiger partial charge in [-0.1, -0.05) is 0 Å². The van der Waals surface area contributed by atoms with Crippen molar-refractivity contribution in [3.63, 3.8) is 0 Å². The lowest BCUT2D eigenvalue weighted by atomic mass is 10.4. The highest BCUT2D eigenvalue weighted by Gasteiger charge is 2.01. The van der Waals surface area contributed by atoms with Crippen molar-refractivity contribution in [1.29, 1.82) is 0 Å². The monoisotopic (exact) mass is 218 g/mol. The zero-order valence-corrected chi connectivity index (χ0v) is 9.32. The zero-order valence-electron chi connectivity index (χ0n) is 9.32. The average Bonchev–Trinajstić information content (AvgIpc) is 2.60. The van der Waals surface area contributed by atoms with Crippen molar-refractivity contribution in [3.8, 4) is 0 Å². The largest absolute Gasteiger partial charge is 0.465 e. The van der Waals surface area contributed by atoms with E-state index in [2.05, 4.69) is 15.3 Å². The molecule has 0 amide bonds. The molecule has 2 rings (SSSR count). The molecule has 2 heterocycles. The lowest BCUT2D eigenvalue weighted by molar-refractivity contribution is 0.490. The Morgan fingerprint density at radius 2 is 2.12 bits per heavy atom. The number of rotatable bonds is 3. The second-order valence-electron chi connectivity index (χ2n) is 3.59. The number of nitrogens with two attached hydrogens (primary N) is 1. The molecule has 2 aromatic heterocycles. The third-order valence-corrected chi connectivity index (χ3v) is 2.10. The van der Waals surface area contributed by atoms with E-state index in [1.54, 1.807) is 13.0 Å². The van der Waals surface area contributed by atoms with E-state index >= 15 is 0 Å². The third kappa shape index (κ3) is 2.50. The van der Waals surface area contributed by atoms with Gasteiger partial charge in [0.15, 0.2) is 0 Å². The Morgan fingerprint density at radius 1 is 1.31 bits per heavy atom. The summed E-state index contributed by atoms with van der Waals surface area (Å²) in [6.45, 7) is 4.30. The predicted molar refractivity (Wildman–Crippen MR) is 62.0 cm³/mol. The van der Waals surface area contributed by atoms with E-state index in [-0.39, 0.29) is 0 Å². The number of hydrogen-bond acceptors (Lipinski definition) is 5. The van der Waals surface area contributed by atoms with Crippen molar-refractivity contribution in [2.75, 3.05) is 11.1 Å². The van der Waals surface area contributed by atoms with Gasteiger partial charge in [0.1, 0.15) is 29.0 Å². The van der Waals surface area contributed by atoms with E-state index in [0.717, 1.165) is 11.5 Å². The first kappa shape index (κ1) is 10.5. The van der Waals surface area contributed by atoms with Crippen molar-refractivity contribution in [2.24, 2.45) is 0 Å². The minimum absolute atomic E-state index is 0.464. The number of hydrogen-bond donors (Lipinski definition) is 2. The van der Waals surface area contributed by atoms with Gasteiger partial charge in [0.25, 0.3) is 0 Å². The van der Waals surface area contributed by atoms with Gasteiger partial charge in [0.05, 0.1) is 6.54 Å². The Hall–Kier alpha value is -2.04. The van der Waals surface area contributed by atoms with Gasteiger partial charge >= 0.3 is 0 Å². The Balaban J connectivity index is 2.04. The van der Waals surface area contributed by atoms with Crippen LogP contribution in [0.15, 0.2) is 22.6 Å². The average molecular weight is 218 g/mol. The topological polar surface area (TPSA) is 77.0 Å². The molecule has 0 radical (unpaired) electrons. The van der Waals surface area contributed by atoms with Gasteiger partial charge in [0.2, 0.25) is 0 Å². The van der Waals surface area contributed by atoms with Crippen LogP contribution in [0.4, 0.5) is 11.6 Å². The molecule has 2 aromatic rings. The van der Waals surface area contributed by atoms with Crippen LogP contribution in [-0.4, -0.2) is 9.97 Å². The number of aromatic nitrogens is 2. The molecule has 3 N–H and O–H groups in total. The molecule has 5 heteroatoms. The summed E-state index contributed by atoms with van der Waals surface area (Å²) < 4.78 is 5.43. The van der Waals surface area contributed by atoms with Crippen LogP contribution in [-0.2, 0) is 6.54 Å². The molecule has 84 valence electrons. The fourth-order valence-corrected chi connectivity index (χ4v) is 1.44. The summed E-state index contributed by atoms with van der Waals surface area (Å²) in [6, 6.07) is 5.55. The van der Waals surface area contributed by atoms with Crippen LogP contribution in [0.3, 0.4) is 0 Å². The SMILES string of the molecule is Cc1nc(N)cc(NCc2ccc(C)o2)n1. The molecule has 0 saturated carbocycles. The molecule has 0 saturated heterocycles. The maximum absolute atomic E-state index is 5.62. The third-order valence-electron chi connectivity index (χ3n) is 2.10. The van der Waals surface area contributed by atoms with Gasteiger partial charge in [0, 0.05) is 6.07 Å². The summed E-state index contributed by atoms with van der Waals surface area (Å²) in [7, 11) is 0. The zero-order chi connectivity index (χ0) is 11.5. The number of nitrogens with one attached hydrogen (secondary N) is 1. The van der Waals surface area contributed by atoms with Crippen LogP contribution in [0.2, 0.25) is 0 Å². The minimum Gasteiger partial charge on any atom is -0.465 e. The molecule has 0 aromatic carbocycles. The maximum atomic E-state index is 5.62. The number of nitrogens with zero attached hydrogens (tertiary/aromatic N) is 2. The summed E-state index contributed by atoms with van der Waals surface area (Å²) in [4.78, 5) is 8.21. The summed E-state index contributed by atoms with van der Waals surface area (Å²) in [5.74, 6) is 3.59. The summed E-state index contributed by atoms with van der Waals surface area (Å²) in [5.41, 5.74) is 5.62. The smallest absolute Gasteiger partial charge is 0.132 e. The number of anilines is 2. The fraction of sp³-hybridized carbons (Fsp3) is 0.273. The molecule has 0 bridgehead atoms. The van der Waals surface area contributed by atoms with Gasteiger partial charge in [-0.2, -0.15) is 0 Å². The highest BCUT2D eigenvalue weighted by molar-refractivity contribution is 5.44. The van der Waals surface area contributed by atoms with Crippen LogP contribution >= 0.6 is 0 Å². The number of furan rings is 1. The highest BCUT2D eigenvalue weighted by Crippen LogP contribution is 2.11. The molecular formula is C11H14N4O. The summed E-state index contributed by atoms with van der Waals surface area (Å²) in [5, 5.41) is 3.13. The first-order valence-corrected chi connectivity index (χ1v) is 5.04. The Morgan fingerprint density at radius 3 is 2.75 bits per heavy atom. The molecule has 0 atom stereocenters. The molecule has 0 fully saturated rings. The van der Waals surface area contributed by atoms with Crippen LogP contribution in [0.5, 0.6) is 0 Å². The van der Waals surface area contributed by atoms with Gasteiger partial charge in [-0.05, 0) is 26.0 Å². The quantitative estimate of drug-likeness (QED) is 0.822. The predicted octanol–water partition coefficient (Wildman–Crippen LogP) is 1.88. The van der Waals surface area contributed by atoms with Gasteiger partial charge in [-0.25, -0.2) is 9.97 Å². The molecule has 0 unspecified atom stereocenters. The maximum Gasteiger partial charge on any atom is 0.132 e. The van der Waals surface area contributed by atoms with E-state index in [1.165, 1.54) is 0 Å². The molecule has 0 spiro atoms. The Labute approximate surface area is 93.7 Å². The molecule has 0 aliphatic heterocycles. The normalized spacial score (nSPS) is 10.4.